The molecule has 0 spiro atoms. The van der Waals surface area contributed by atoms with E-state index in [1.807, 2.05) is 6.92 Å². The molecule has 30 heavy (non-hydrogen) atoms. The van der Waals surface area contributed by atoms with Gasteiger partial charge in [0.25, 0.3) is 5.91 Å². The van der Waals surface area contributed by atoms with Gasteiger partial charge in [0.15, 0.2) is 21.0 Å². The van der Waals surface area contributed by atoms with E-state index in [1.54, 1.807) is 42.5 Å². The van der Waals surface area contributed by atoms with Gasteiger partial charge in [-0.2, -0.15) is 0 Å². The fourth-order valence-electron chi connectivity index (χ4n) is 3.69. The Morgan fingerprint density at radius 2 is 1.90 bits per heavy atom. The summed E-state index contributed by atoms with van der Waals surface area (Å²) in [5, 5.41) is 0.968. The first kappa shape index (κ1) is 20.6. The number of aryl methyl sites for hydroxylation is 1. The van der Waals surface area contributed by atoms with E-state index in [9.17, 15) is 18.0 Å². The van der Waals surface area contributed by atoms with Crippen LogP contribution in [0, 0.1) is 6.92 Å². The van der Waals surface area contributed by atoms with E-state index < -0.39 is 21.8 Å². The van der Waals surface area contributed by atoms with Crippen LogP contribution in [0.25, 0.3) is 11.0 Å². The van der Waals surface area contributed by atoms with Crippen molar-refractivity contribution in [3.63, 3.8) is 0 Å². The van der Waals surface area contributed by atoms with Gasteiger partial charge < -0.3 is 9.32 Å². The average Bonchev–Trinajstić information content (AvgIpc) is 3.07. The molecule has 0 saturated carbocycles. The van der Waals surface area contributed by atoms with Crippen LogP contribution in [0.5, 0.6) is 0 Å². The Morgan fingerprint density at radius 1 is 1.17 bits per heavy atom. The lowest BCUT2D eigenvalue weighted by Crippen LogP contribution is -2.40. The van der Waals surface area contributed by atoms with Crippen LogP contribution >= 0.6 is 11.6 Å². The SMILES string of the molecule is Cc1ccc2oc(C(=O)N(Cc3ccc(Cl)cc3)[C@H]3CCS(=O)(=O)C3)cc(=O)c2c1. The minimum Gasteiger partial charge on any atom is -0.451 e. The summed E-state index contributed by atoms with van der Waals surface area (Å²) in [6.45, 7) is 2.05. The average molecular weight is 446 g/mol. The standard InChI is InChI=1S/C22H20ClNO5S/c1-14-2-7-20-18(10-14)19(25)11-21(29-20)22(26)24(17-8-9-30(27,28)13-17)12-15-3-5-16(23)6-4-15/h2-7,10-11,17H,8-9,12-13H2,1H3/t17-/m0/s1. The Bertz CT molecular complexity index is 1280. The van der Waals surface area contributed by atoms with Crippen LogP contribution in [0.2, 0.25) is 5.02 Å². The smallest absolute Gasteiger partial charge is 0.290 e. The molecule has 1 aliphatic rings. The molecular formula is C22H20ClNO5S. The number of carbonyl (C=O) groups is 1. The zero-order valence-electron chi connectivity index (χ0n) is 16.3. The number of carbonyl (C=O) groups excluding carboxylic acids is 1. The fourth-order valence-corrected chi connectivity index (χ4v) is 5.55. The minimum absolute atomic E-state index is 0.0308. The third kappa shape index (κ3) is 4.27. The number of sulfone groups is 1. The predicted octanol–water partition coefficient (Wildman–Crippen LogP) is 3.58. The molecule has 156 valence electrons. The van der Waals surface area contributed by atoms with E-state index in [2.05, 4.69) is 0 Å². The zero-order valence-corrected chi connectivity index (χ0v) is 17.9. The highest BCUT2D eigenvalue weighted by atomic mass is 35.5. The summed E-state index contributed by atoms with van der Waals surface area (Å²) >= 11 is 5.95. The van der Waals surface area contributed by atoms with Crippen molar-refractivity contribution in [2.24, 2.45) is 0 Å². The van der Waals surface area contributed by atoms with E-state index >= 15 is 0 Å². The van der Waals surface area contributed by atoms with Crippen molar-refractivity contribution in [1.82, 2.24) is 4.90 Å². The highest BCUT2D eigenvalue weighted by molar-refractivity contribution is 7.91. The summed E-state index contributed by atoms with van der Waals surface area (Å²) < 4.78 is 29.8. The molecule has 2 heterocycles. The number of rotatable bonds is 4. The number of hydrogen-bond acceptors (Lipinski definition) is 5. The van der Waals surface area contributed by atoms with Crippen molar-refractivity contribution in [2.75, 3.05) is 11.5 Å². The van der Waals surface area contributed by atoms with Crippen LogP contribution in [0.1, 0.15) is 28.1 Å². The zero-order chi connectivity index (χ0) is 21.5. The summed E-state index contributed by atoms with van der Waals surface area (Å²) in [6, 6.07) is 12.9. The molecule has 6 nitrogen and oxygen atoms in total. The third-order valence-corrected chi connectivity index (χ3v) is 7.27. The monoisotopic (exact) mass is 445 g/mol. The Kier molecular flexibility index (Phi) is 5.42. The van der Waals surface area contributed by atoms with Gasteiger partial charge >= 0.3 is 0 Å². The van der Waals surface area contributed by atoms with Crippen LogP contribution in [0.4, 0.5) is 0 Å². The first-order chi connectivity index (χ1) is 14.2. The van der Waals surface area contributed by atoms with Gasteiger partial charge in [0.2, 0.25) is 0 Å². The topological polar surface area (TPSA) is 84.7 Å². The van der Waals surface area contributed by atoms with Crippen LogP contribution in [0.15, 0.2) is 57.7 Å². The Labute approximate surface area is 179 Å². The van der Waals surface area contributed by atoms with Gasteiger partial charge in [0.05, 0.1) is 16.9 Å². The molecule has 1 saturated heterocycles. The molecule has 1 amide bonds. The molecular weight excluding hydrogens is 426 g/mol. The van der Waals surface area contributed by atoms with E-state index in [0.717, 1.165) is 11.1 Å². The van der Waals surface area contributed by atoms with Gasteiger partial charge in [-0.1, -0.05) is 35.4 Å². The molecule has 0 N–H and O–H groups in total. The van der Waals surface area contributed by atoms with Gasteiger partial charge in [0.1, 0.15) is 5.58 Å². The van der Waals surface area contributed by atoms with Crippen LogP contribution < -0.4 is 5.43 Å². The van der Waals surface area contributed by atoms with Crippen molar-refractivity contribution in [3.05, 3.63) is 80.7 Å². The van der Waals surface area contributed by atoms with E-state index in [0.29, 0.717) is 22.4 Å². The molecule has 0 radical (unpaired) electrons. The third-order valence-electron chi connectivity index (χ3n) is 5.27. The summed E-state index contributed by atoms with van der Waals surface area (Å²) in [6.07, 6.45) is 0.346. The maximum atomic E-state index is 13.3. The molecule has 0 aliphatic carbocycles. The second-order valence-electron chi connectivity index (χ2n) is 7.59. The summed E-state index contributed by atoms with van der Waals surface area (Å²) in [5.41, 5.74) is 1.72. The summed E-state index contributed by atoms with van der Waals surface area (Å²) in [4.78, 5) is 27.4. The molecule has 2 aromatic carbocycles. The molecule has 8 heteroatoms. The minimum atomic E-state index is -3.21. The van der Waals surface area contributed by atoms with Crippen molar-refractivity contribution in [3.8, 4) is 0 Å². The van der Waals surface area contributed by atoms with Gasteiger partial charge in [0, 0.05) is 23.7 Å². The second-order valence-corrected chi connectivity index (χ2v) is 10.3. The first-order valence-electron chi connectivity index (χ1n) is 9.52. The van der Waals surface area contributed by atoms with Gasteiger partial charge in [-0.25, -0.2) is 8.42 Å². The van der Waals surface area contributed by atoms with Crippen LogP contribution in [-0.4, -0.2) is 36.8 Å². The second kappa shape index (κ2) is 7.89. The molecule has 1 fully saturated rings. The molecule has 1 aliphatic heterocycles. The van der Waals surface area contributed by atoms with Crippen LogP contribution in [-0.2, 0) is 16.4 Å². The van der Waals surface area contributed by atoms with Crippen molar-refractivity contribution in [1.29, 1.82) is 0 Å². The number of halogens is 1. The van der Waals surface area contributed by atoms with Gasteiger partial charge in [-0.3, -0.25) is 9.59 Å². The van der Waals surface area contributed by atoms with Gasteiger partial charge in [-0.15, -0.1) is 0 Å². The molecule has 1 aromatic heterocycles. The largest absolute Gasteiger partial charge is 0.451 e. The summed E-state index contributed by atoms with van der Waals surface area (Å²) in [5.74, 6) is -0.687. The highest BCUT2D eigenvalue weighted by Crippen LogP contribution is 2.24. The molecule has 1 atom stereocenters. The highest BCUT2D eigenvalue weighted by Gasteiger charge is 2.36. The van der Waals surface area contributed by atoms with Gasteiger partial charge in [-0.05, 0) is 43.2 Å². The number of amides is 1. The maximum absolute atomic E-state index is 13.3. The lowest BCUT2D eigenvalue weighted by atomic mass is 10.1. The molecule has 3 aromatic rings. The summed E-state index contributed by atoms with van der Waals surface area (Å²) in [7, 11) is -3.21. The van der Waals surface area contributed by atoms with E-state index in [4.69, 9.17) is 16.0 Å². The Hall–Kier alpha value is -2.64. The van der Waals surface area contributed by atoms with E-state index in [1.165, 1.54) is 11.0 Å². The number of benzene rings is 2. The lowest BCUT2D eigenvalue weighted by Gasteiger charge is -2.28. The lowest BCUT2D eigenvalue weighted by molar-refractivity contribution is 0.0648. The van der Waals surface area contributed by atoms with Crippen molar-refractivity contribution >= 4 is 38.3 Å². The number of nitrogens with zero attached hydrogens (tertiary/aromatic N) is 1. The predicted molar refractivity (Wildman–Crippen MR) is 116 cm³/mol. The van der Waals surface area contributed by atoms with Crippen LogP contribution in [0.3, 0.4) is 0 Å². The Morgan fingerprint density at radius 3 is 2.57 bits per heavy atom. The fraction of sp³-hybridized carbons (Fsp3) is 0.273. The van der Waals surface area contributed by atoms with E-state index in [-0.39, 0.29) is 29.2 Å². The number of hydrogen-bond donors (Lipinski definition) is 0. The Balaban J connectivity index is 1.73. The quantitative estimate of drug-likeness (QED) is 0.612. The van der Waals surface area contributed by atoms with Crippen molar-refractivity contribution in [2.45, 2.75) is 25.9 Å². The van der Waals surface area contributed by atoms with Crippen molar-refractivity contribution < 1.29 is 17.6 Å². The molecule has 4 rings (SSSR count). The normalized spacial score (nSPS) is 17.9. The number of fused-ring (bicyclic) bond motifs is 1. The maximum Gasteiger partial charge on any atom is 0.290 e. The first-order valence-corrected chi connectivity index (χ1v) is 11.7. The molecule has 0 bridgehead atoms. The molecule has 0 unspecified atom stereocenters.